The second-order valence-corrected chi connectivity index (χ2v) is 8.30. The van der Waals surface area contributed by atoms with Crippen LogP contribution >= 0.6 is 0 Å². The van der Waals surface area contributed by atoms with Gasteiger partial charge in [0, 0.05) is 6.54 Å². The van der Waals surface area contributed by atoms with Crippen LogP contribution in [-0.4, -0.2) is 22.5 Å². The molecule has 1 aliphatic rings. The van der Waals surface area contributed by atoms with E-state index in [1.807, 2.05) is 13.0 Å². The van der Waals surface area contributed by atoms with Crippen LogP contribution in [0, 0.1) is 12.7 Å². The number of fused-ring (bicyclic) bond motifs is 2. The summed E-state index contributed by atoms with van der Waals surface area (Å²) in [5, 5.41) is 10.6. The predicted molar refractivity (Wildman–Crippen MR) is 125 cm³/mol. The maximum atomic E-state index is 13.7. The highest BCUT2D eigenvalue weighted by atomic mass is 19.1. The number of aryl methyl sites for hydroxylation is 1. The van der Waals surface area contributed by atoms with E-state index in [1.165, 1.54) is 23.1 Å². The molecule has 1 aliphatic heterocycles. The molecule has 0 saturated heterocycles. The average Bonchev–Trinajstić information content (AvgIpc) is 3.09. The summed E-state index contributed by atoms with van der Waals surface area (Å²) in [6.07, 6.45) is 0. The van der Waals surface area contributed by atoms with Gasteiger partial charge in [0.25, 0.3) is 5.91 Å². The standard InChI is InChI=1S/C27H22FNO5/c1-3-33-22-13-17(7-10-20(22)30)24-23-25(31)19-12-15(2)4-11-21(19)34-26(23)27(32)29(24)14-16-5-8-18(28)9-6-16/h4-13,24,30H,3,14H2,1-2H3/t24-/m1/s1. The van der Waals surface area contributed by atoms with Crippen molar-refractivity contribution < 1.29 is 23.4 Å². The third kappa shape index (κ3) is 3.59. The van der Waals surface area contributed by atoms with Gasteiger partial charge in [-0.2, -0.15) is 0 Å². The highest BCUT2D eigenvalue weighted by Crippen LogP contribution is 2.41. The molecule has 0 spiro atoms. The number of halogens is 1. The highest BCUT2D eigenvalue weighted by molar-refractivity contribution is 5.99. The van der Waals surface area contributed by atoms with E-state index in [1.54, 1.807) is 43.3 Å². The minimum Gasteiger partial charge on any atom is -0.504 e. The summed E-state index contributed by atoms with van der Waals surface area (Å²) in [6, 6.07) is 15.1. The number of phenols is 1. The van der Waals surface area contributed by atoms with E-state index in [4.69, 9.17) is 9.15 Å². The zero-order valence-corrected chi connectivity index (χ0v) is 18.7. The number of hydrogen-bond acceptors (Lipinski definition) is 5. The summed E-state index contributed by atoms with van der Waals surface area (Å²) < 4.78 is 25.0. The molecule has 1 amide bonds. The van der Waals surface area contributed by atoms with Gasteiger partial charge in [0.2, 0.25) is 5.76 Å². The minimum absolute atomic E-state index is 0.0144. The van der Waals surface area contributed by atoms with Crippen molar-refractivity contribution in [3.63, 3.8) is 0 Å². The molecule has 7 heteroatoms. The Labute approximate surface area is 194 Å². The number of ether oxygens (including phenoxy) is 1. The van der Waals surface area contributed by atoms with Gasteiger partial charge >= 0.3 is 0 Å². The fourth-order valence-electron chi connectivity index (χ4n) is 4.40. The van der Waals surface area contributed by atoms with Crippen molar-refractivity contribution in [1.29, 1.82) is 0 Å². The highest BCUT2D eigenvalue weighted by Gasteiger charge is 2.43. The van der Waals surface area contributed by atoms with E-state index in [9.17, 15) is 19.1 Å². The molecule has 1 aromatic heterocycles. The van der Waals surface area contributed by atoms with Crippen LogP contribution in [0.15, 0.2) is 69.9 Å². The SMILES string of the molecule is CCOc1cc([C@@H]2c3c(oc4ccc(C)cc4c3=O)C(=O)N2Cc2ccc(F)cc2)ccc1O. The van der Waals surface area contributed by atoms with Gasteiger partial charge in [0.05, 0.1) is 23.6 Å². The maximum absolute atomic E-state index is 13.7. The van der Waals surface area contributed by atoms with Crippen molar-refractivity contribution in [3.05, 3.63) is 105 Å². The summed E-state index contributed by atoms with van der Waals surface area (Å²) in [6.45, 7) is 4.14. The van der Waals surface area contributed by atoms with Crippen LogP contribution in [0.3, 0.4) is 0 Å². The molecule has 6 nitrogen and oxygen atoms in total. The lowest BCUT2D eigenvalue weighted by Gasteiger charge is -2.25. The van der Waals surface area contributed by atoms with Crippen molar-refractivity contribution in [1.82, 2.24) is 4.90 Å². The van der Waals surface area contributed by atoms with Crippen molar-refractivity contribution in [3.8, 4) is 11.5 Å². The molecule has 4 aromatic rings. The Balaban J connectivity index is 1.72. The average molecular weight is 459 g/mol. The van der Waals surface area contributed by atoms with Gasteiger partial charge in [-0.1, -0.05) is 29.8 Å². The smallest absolute Gasteiger partial charge is 0.291 e. The summed E-state index contributed by atoms with van der Waals surface area (Å²) in [4.78, 5) is 28.7. The van der Waals surface area contributed by atoms with Crippen LogP contribution in [0.1, 0.15) is 45.8 Å². The first-order valence-electron chi connectivity index (χ1n) is 11.0. The van der Waals surface area contributed by atoms with Crippen LogP contribution in [-0.2, 0) is 6.54 Å². The van der Waals surface area contributed by atoms with E-state index in [0.29, 0.717) is 28.7 Å². The first-order valence-corrected chi connectivity index (χ1v) is 11.0. The Bertz CT molecular complexity index is 1480. The Hall–Kier alpha value is -4.13. The van der Waals surface area contributed by atoms with Crippen LogP contribution in [0.5, 0.6) is 11.5 Å². The predicted octanol–water partition coefficient (Wildman–Crippen LogP) is 5.09. The Morgan fingerprint density at radius 1 is 1.06 bits per heavy atom. The molecule has 0 bridgehead atoms. The molecular weight excluding hydrogens is 437 g/mol. The number of carbonyl (C=O) groups excluding carboxylic acids is 1. The zero-order chi connectivity index (χ0) is 24.0. The summed E-state index contributed by atoms with van der Waals surface area (Å²) in [7, 11) is 0. The number of phenolic OH excluding ortho intramolecular Hbond substituents is 1. The Kier molecular flexibility index (Phi) is 5.32. The molecule has 0 fully saturated rings. The van der Waals surface area contributed by atoms with Crippen molar-refractivity contribution in [2.24, 2.45) is 0 Å². The number of carbonyl (C=O) groups is 1. The minimum atomic E-state index is -0.770. The lowest BCUT2D eigenvalue weighted by Crippen LogP contribution is -2.29. The molecule has 0 radical (unpaired) electrons. The molecule has 1 atom stereocenters. The summed E-state index contributed by atoms with van der Waals surface area (Å²) in [5.74, 6) is -0.617. The second-order valence-electron chi connectivity index (χ2n) is 8.30. The molecule has 0 saturated carbocycles. The number of benzene rings is 3. The van der Waals surface area contributed by atoms with Gasteiger partial charge in [0.1, 0.15) is 11.4 Å². The van der Waals surface area contributed by atoms with E-state index < -0.39 is 11.9 Å². The van der Waals surface area contributed by atoms with Crippen molar-refractivity contribution >= 4 is 16.9 Å². The van der Waals surface area contributed by atoms with E-state index in [2.05, 4.69) is 0 Å². The molecule has 0 unspecified atom stereocenters. The number of hydrogen-bond donors (Lipinski definition) is 1. The second kappa shape index (κ2) is 8.33. The van der Waals surface area contributed by atoms with Gasteiger partial charge in [-0.05, 0) is 61.4 Å². The lowest BCUT2D eigenvalue weighted by molar-refractivity contribution is 0.0714. The van der Waals surface area contributed by atoms with Gasteiger partial charge in [0.15, 0.2) is 16.9 Å². The van der Waals surface area contributed by atoms with Crippen LogP contribution < -0.4 is 10.2 Å². The number of amides is 1. The molecule has 5 rings (SSSR count). The van der Waals surface area contributed by atoms with E-state index in [-0.39, 0.29) is 40.6 Å². The monoisotopic (exact) mass is 459 g/mol. The van der Waals surface area contributed by atoms with Crippen LogP contribution in [0.4, 0.5) is 4.39 Å². The van der Waals surface area contributed by atoms with Gasteiger partial charge < -0.3 is 19.2 Å². The largest absolute Gasteiger partial charge is 0.504 e. The fourth-order valence-corrected chi connectivity index (χ4v) is 4.40. The quantitative estimate of drug-likeness (QED) is 0.450. The van der Waals surface area contributed by atoms with Crippen molar-refractivity contribution in [2.45, 2.75) is 26.4 Å². The molecule has 34 heavy (non-hydrogen) atoms. The van der Waals surface area contributed by atoms with Gasteiger partial charge in [-0.15, -0.1) is 0 Å². The first-order chi connectivity index (χ1) is 16.4. The van der Waals surface area contributed by atoms with E-state index >= 15 is 0 Å². The van der Waals surface area contributed by atoms with Crippen molar-refractivity contribution in [2.75, 3.05) is 6.61 Å². The lowest BCUT2D eigenvalue weighted by atomic mass is 9.97. The van der Waals surface area contributed by atoms with Crippen LogP contribution in [0.2, 0.25) is 0 Å². The molecule has 1 N–H and O–H groups in total. The molecule has 0 aliphatic carbocycles. The fraction of sp³-hybridized carbons (Fsp3) is 0.185. The molecular formula is C27H22FNO5. The normalized spacial score (nSPS) is 15.1. The third-order valence-corrected chi connectivity index (χ3v) is 5.99. The Morgan fingerprint density at radius 2 is 1.82 bits per heavy atom. The summed E-state index contributed by atoms with van der Waals surface area (Å²) in [5.41, 5.74) is 2.47. The van der Waals surface area contributed by atoms with E-state index in [0.717, 1.165) is 5.56 Å². The molecule has 172 valence electrons. The number of nitrogens with zero attached hydrogens (tertiary/aromatic N) is 1. The van der Waals surface area contributed by atoms with Crippen LogP contribution in [0.25, 0.3) is 11.0 Å². The van der Waals surface area contributed by atoms with Gasteiger partial charge in [-0.3, -0.25) is 9.59 Å². The first kappa shape index (κ1) is 21.7. The summed E-state index contributed by atoms with van der Waals surface area (Å²) >= 11 is 0. The number of rotatable bonds is 5. The topological polar surface area (TPSA) is 80.0 Å². The molecule has 3 aromatic carbocycles. The van der Waals surface area contributed by atoms with Gasteiger partial charge in [-0.25, -0.2) is 4.39 Å². The third-order valence-electron chi connectivity index (χ3n) is 5.99. The zero-order valence-electron chi connectivity index (χ0n) is 18.7. The Morgan fingerprint density at radius 3 is 2.56 bits per heavy atom. The maximum Gasteiger partial charge on any atom is 0.291 e. The molecule has 2 heterocycles. The number of aromatic hydroxyl groups is 1.